The molecule has 0 aliphatic heterocycles. The Morgan fingerprint density at radius 1 is 1.28 bits per heavy atom. The van der Waals surface area contributed by atoms with Crippen LogP contribution < -0.4 is 9.46 Å². The minimum atomic E-state index is -3.30. The summed E-state index contributed by atoms with van der Waals surface area (Å²) in [6, 6.07) is 7.10. The summed E-state index contributed by atoms with van der Waals surface area (Å²) in [5, 5.41) is 0. The van der Waals surface area contributed by atoms with E-state index in [2.05, 4.69) is 20.7 Å². The molecule has 102 valence electrons. The van der Waals surface area contributed by atoms with Gasteiger partial charge in [-0.2, -0.15) is 0 Å². The van der Waals surface area contributed by atoms with Gasteiger partial charge in [0, 0.05) is 11.6 Å². The fourth-order valence-corrected chi connectivity index (χ4v) is 2.69. The van der Waals surface area contributed by atoms with Gasteiger partial charge in [0.1, 0.15) is 10.4 Å². The lowest BCUT2D eigenvalue weighted by molar-refractivity contribution is 0.238. The van der Waals surface area contributed by atoms with Gasteiger partial charge in [-0.3, -0.25) is 0 Å². The van der Waals surface area contributed by atoms with Gasteiger partial charge in [0.25, 0.3) is 0 Å². The molecule has 1 rings (SSSR count). The maximum atomic E-state index is 11.5. The number of para-hydroxylation sites is 1. The highest BCUT2D eigenvalue weighted by atomic mass is 79.9. The number of sulfonamides is 1. The predicted molar refractivity (Wildman–Crippen MR) is 76.5 cm³/mol. The number of halogens is 1. The number of hydrogen-bond donors (Lipinski definition) is 1. The molecule has 1 N–H and O–H groups in total. The fourth-order valence-electron chi connectivity index (χ4n) is 1.56. The molecule has 6 heteroatoms. The van der Waals surface area contributed by atoms with E-state index in [0.717, 1.165) is 5.56 Å². The number of benzene rings is 1. The van der Waals surface area contributed by atoms with Crippen LogP contribution in [0.3, 0.4) is 0 Å². The third-order valence-corrected chi connectivity index (χ3v) is 5.06. The normalized spacial score (nSPS) is 13.6. The first-order valence-corrected chi connectivity index (χ1v) is 8.44. The molecule has 1 atom stereocenters. The van der Waals surface area contributed by atoms with Crippen LogP contribution in [0.2, 0.25) is 0 Å². The largest absolute Gasteiger partial charge is 0.491 e. The second-order valence-corrected chi connectivity index (χ2v) is 7.32. The van der Waals surface area contributed by atoms with Gasteiger partial charge < -0.3 is 4.74 Å². The van der Waals surface area contributed by atoms with Crippen LogP contribution >= 0.6 is 15.9 Å². The molecule has 0 aliphatic rings. The Morgan fingerprint density at radius 3 is 2.44 bits per heavy atom. The average Bonchev–Trinajstić information content (AvgIpc) is 2.28. The molecular weight excluding hydrogens is 318 g/mol. The van der Waals surface area contributed by atoms with E-state index in [4.69, 9.17) is 4.74 Å². The van der Waals surface area contributed by atoms with Crippen LogP contribution in [0.25, 0.3) is 0 Å². The molecule has 1 unspecified atom stereocenters. The first kappa shape index (κ1) is 15.5. The van der Waals surface area contributed by atoms with Crippen LogP contribution in [0.1, 0.15) is 32.4 Å². The van der Waals surface area contributed by atoms with Crippen LogP contribution in [-0.2, 0) is 10.0 Å². The van der Waals surface area contributed by atoms with Crippen molar-refractivity contribution < 1.29 is 13.2 Å². The number of ether oxygens (including phenoxy) is 1. The van der Waals surface area contributed by atoms with Gasteiger partial charge in [-0.05, 0) is 26.8 Å². The first-order chi connectivity index (χ1) is 8.35. The summed E-state index contributed by atoms with van der Waals surface area (Å²) in [5.74, 6) is 0.706. The number of hydrogen-bond acceptors (Lipinski definition) is 3. The van der Waals surface area contributed by atoms with Gasteiger partial charge in [0.15, 0.2) is 0 Å². The standard InChI is InChI=1S/C12H18BrNO3S/c1-9(2)17-12-7-5-4-6-11(12)10(3)14-18(15,16)8-13/h4-7,9-10,14H,8H2,1-3H3. The summed E-state index contributed by atoms with van der Waals surface area (Å²) < 4.78 is 31.2. The zero-order valence-corrected chi connectivity index (χ0v) is 13.1. The first-order valence-electron chi connectivity index (χ1n) is 5.67. The van der Waals surface area contributed by atoms with E-state index in [9.17, 15) is 8.42 Å². The molecule has 0 aliphatic carbocycles. The predicted octanol–water partition coefficient (Wildman–Crippen LogP) is 2.81. The van der Waals surface area contributed by atoms with Gasteiger partial charge in [-0.15, -0.1) is 0 Å². The monoisotopic (exact) mass is 335 g/mol. The van der Waals surface area contributed by atoms with Crippen molar-refractivity contribution in [2.45, 2.75) is 32.9 Å². The Bertz CT molecular complexity index is 488. The third-order valence-electron chi connectivity index (χ3n) is 2.25. The highest BCUT2D eigenvalue weighted by Crippen LogP contribution is 2.26. The maximum absolute atomic E-state index is 11.5. The lowest BCUT2D eigenvalue weighted by atomic mass is 10.1. The molecule has 0 heterocycles. The summed E-state index contributed by atoms with van der Waals surface area (Å²) in [4.78, 5) is 0. The summed E-state index contributed by atoms with van der Waals surface area (Å²) in [6.07, 6.45) is 0.0473. The molecule has 4 nitrogen and oxygen atoms in total. The molecule has 1 aromatic rings. The average molecular weight is 336 g/mol. The Morgan fingerprint density at radius 2 is 1.89 bits per heavy atom. The van der Waals surface area contributed by atoms with E-state index in [1.54, 1.807) is 6.92 Å². The van der Waals surface area contributed by atoms with Crippen molar-refractivity contribution in [3.8, 4) is 5.75 Å². The van der Waals surface area contributed by atoms with Crippen LogP contribution in [0.15, 0.2) is 24.3 Å². The molecule has 0 fully saturated rings. The summed E-state index contributed by atoms with van der Waals surface area (Å²) in [5.41, 5.74) is 0.829. The molecule has 1 aromatic carbocycles. The second kappa shape index (κ2) is 6.54. The van der Waals surface area contributed by atoms with Crippen molar-refractivity contribution >= 4 is 26.0 Å². The van der Waals surface area contributed by atoms with E-state index < -0.39 is 10.0 Å². The van der Waals surface area contributed by atoms with Crippen LogP contribution in [0, 0.1) is 0 Å². The molecule has 0 saturated carbocycles. The van der Waals surface area contributed by atoms with E-state index in [1.807, 2.05) is 38.1 Å². The molecule has 0 radical (unpaired) electrons. The summed E-state index contributed by atoms with van der Waals surface area (Å²) in [6.45, 7) is 5.66. The maximum Gasteiger partial charge on any atom is 0.222 e. The van der Waals surface area contributed by atoms with Crippen molar-refractivity contribution in [3.63, 3.8) is 0 Å². The highest BCUT2D eigenvalue weighted by Gasteiger charge is 2.17. The van der Waals surface area contributed by atoms with Crippen LogP contribution in [0.4, 0.5) is 0 Å². The zero-order chi connectivity index (χ0) is 13.8. The Hall–Kier alpha value is -0.590. The smallest absolute Gasteiger partial charge is 0.222 e. The molecule has 0 bridgehead atoms. The van der Waals surface area contributed by atoms with Gasteiger partial charge >= 0.3 is 0 Å². The number of nitrogens with one attached hydrogen (secondary N) is 1. The summed E-state index contributed by atoms with van der Waals surface area (Å²) >= 11 is 2.95. The number of alkyl halides is 1. The van der Waals surface area contributed by atoms with Crippen LogP contribution in [0.5, 0.6) is 5.75 Å². The fraction of sp³-hybridized carbons (Fsp3) is 0.500. The molecule has 0 amide bonds. The SMILES string of the molecule is CC(C)Oc1ccccc1C(C)NS(=O)(=O)CBr. The molecule has 0 saturated heterocycles. The van der Waals surface area contributed by atoms with E-state index in [1.165, 1.54) is 0 Å². The number of rotatable bonds is 6. The molecule has 0 spiro atoms. The topological polar surface area (TPSA) is 55.4 Å². The van der Waals surface area contributed by atoms with E-state index >= 15 is 0 Å². The minimum absolute atomic E-state index is 0.0473. The zero-order valence-electron chi connectivity index (χ0n) is 10.7. The van der Waals surface area contributed by atoms with Gasteiger partial charge in [-0.1, -0.05) is 34.1 Å². The lowest BCUT2D eigenvalue weighted by Crippen LogP contribution is -2.27. The van der Waals surface area contributed by atoms with Crippen molar-refractivity contribution in [3.05, 3.63) is 29.8 Å². The molecule has 0 aromatic heterocycles. The van der Waals surface area contributed by atoms with Crippen molar-refractivity contribution in [1.82, 2.24) is 4.72 Å². The quantitative estimate of drug-likeness (QED) is 0.813. The van der Waals surface area contributed by atoms with Crippen molar-refractivity contribution in [1.29, 1.82) is 0 Å². The Kier molecular flexibility index (Phi) is 5.62. The molecular formula is C12H18BrNO3S. The summed E-state index contributed by atoms with van der Waals surface area (Å²) in [7, 11) is -3.30. The lowest BCUT2D eigenvalue weighted by Gasteiger charge is -2.19. The third kappa shape index (κ3) is 4.59. The van der Waals surface area contributed by atoms with Gasteiger partial charge in [0.2, 0.25) is 10.0 Å². The Balaban J connectivity index is 2.95. The second-order valence-electron chi connectivity index (χ2n) is 4.27. The van der Waals surface area contributed by atoms with Gasteiger partial charge in [0.05, 0.1) is 6.10 Å². The Labute approximate surface area is 117 Å². The van der Waals surface area contributed by atoms with Crippen molar-refractivity contribution in [2.24, 2.45) is 0 Å². The van der Waals surface area contributed by atoms with Gasteiger partial charge in [-0.25, -0.2) is 13.1 Å². The highest BCUT2D eigenvalue weighted by molar-refractivity contribution is 9.10. The van der Waals surface area contributed by atoms with E-state index in [0.29, 0.717) is 5.75 Å². The minimum Gasteiger partial charge on any atom is -0.491 e. The van der Waals surface area contributed by atoms with E-state index in [-0.39, 0.29) is 16.8 Å². The van der Waals surface area contributed by atoms with Crippen molar-refractivity contribution in [2.75, 3.05) is 4.66 Å². The molecule has 18 heavy (non-hydrogen) atoms. The van der Waals surface area contributed by atoms with Crippen LogP contribution in [-0.4, -0.2) is 19.2 Å².